The molecule has 0 N–H and O–H groups in total. The average molecular weight is 417 g/mol. The van der Waals surface area contributed by atoms with E-state index < -0.39 is 63.9 Å². The number of nitro benzene ring substituents is 1. The molecule has 1 rings (SSSR count). The number of nitrogens with zero attached hydrogens (tertiary/aromatic N) is 1. The monoisotopic (exact) mass is 417 g/mol. The van der Waals surface area contributed by atoms with E-state index in [1.807, 2.05) is 0 Å². The van der Waals surface area contributed by atoms with E-state index in [1.165, 1.54) is 20.8 Å². The zero-order chi connectivity index (χ0) is 20.5. The molecule has 0 spiro atoms. The number of hydrogen-bond donors (Lipinski definition) is 0. The van der Waals surface area contributed by atoms with Crippen molar-refractivity contribution in [1.29, 1.82) is 0 Å². The van der Waals surface area contributed by atoms with Crippen molar-refractivity contribution < 1.29 is 40.3 Å². The van der Waals surface area contributed by atoms with Crippen molar-refractivity contribution in [1.82, 2.24) is 0 Å². The zero-order valence-electron chi connectivity index (χ0n) is 13.7. The SMILES string of the molecule is CC(C)(C)OC(=O)C[S@](=O)c1ccc(S(=O)(=O)C(F)(F)F)cc1[N+](=O)[O-]. The first kappa shape index (κ1) is 22.0. The molecule has 1 aromatic carbocycles. The number of halogens is 3. The molecule has 0 saturated heterocycles. The molecule has 0 aromatic heterocycles. The van der Waals surface area contributed by atoms with Gasteiger partial charge in [-0.2, -0.15) is 13.2 Å². The molecule has 0 saturated carbocycles. The number of alkyl halides is 3. The quantitative estimate of drug-likeness (QED) is 0.409. The van der Waals surface area contributed by atoms with Crippen molar-refractivity contribution >= 4 is 32.3 Å². The highest BCUT2D eigenvalue weighted by Crippen LogP contribution is 2.34. The van der Waals surface area contributed by atoms with Gasteiger partial charge in [0.25, 0.3) is 15.5 Å². The van der Waals surface area contributed by atoms with Crippen molar-refractivity contribution in [2.75, 3.05) is 5.75 Å². The van der Waals surface area contributed by atoms with Gasteiger partial charge in [-0.1, -0.05) is 0 Å². The Balaban J connectivity index is 3.28. The summed E-state index contributed by atoms with van der Waals surface area (Å²) in [7, 11) is -8.15. The van der Waals surface area contributed by atoms with E-state index >= 15 is 0 Å². The average Bonchev–Trinajstić information content (AvgIpc) is 2.42. The van der Waals surface area contributed by atoms with Crippen LogP contribution in [0, 0.1) is 10.1 Å². The molecule has 8 nitrogen and oxygen atoms in total. The van der Waals surface area contributed by atoms with Crippen LogP contribution in [0.2, 0.25) is 0 Å². The molecule has 0 amide bonds. The molecule has 0 unspecified atom stereocenters. The first-order valence-electron chi connectivity index (χ1n) is 6.76. The molecule has 0 heterocycles. The van der Waals surface area contributed by atoms with Gasteiger partial charge < -0.3 is 4.74 Å². The van der Waals surface area contributed by atoms with Gasteiger partial charge in [-0.05, 0) is 32.9 Å². The van der Waals surface area contributed by atoms with E-state index in [0.29, 0.717) is 12.1 Å². The van der Waals surface area contributed by atoms with Gasteiger partial charge >= 0.3 is 11.5 Å². The number of carbonyl (C=O) groups is 1. The summed E-state index contributed by atoms with van der Waals surface area (Å²) in [5, 5.41) is 11.0. The van der Waals surface area contributed by atoms with Gasteiger partial charge in [-0.25, -0.2) is 8.42 Å². The van der Waals surface area contributed by atoms with Crippen LogP contribution in [-0.2, 0) is 30.2 Å². The molecule has 0 aliphatic carbocycles. The number of benzene rings is 1. The van der Waals surface area contributed by atoms with E-state index in [-0.39, 0.29) is 6.07 Å². The lowest BCUT2D eigenvalue weighted by molar-refractivity contribution is -0.388. The van der Waals surface area contributed by atoms with E-state index in [0.717, 1.165) is 0 Å². The number of ether oxygens (including phenoxy) is 1. The Morgan fingerprint density at radius 2 is 1.81 bits per heavy atom. The molecule has 0 fully saturated rings. The number of hydrogen-bond acceptors (Lipinski definition) is 7. The third kappa shape index (κ3) is 5.24. The molecular formula is C13H14F3NO7S2. The highest BCUT2D eigenvalue weighted by molar-refractivity contribution is 7.92. The Morgan fingerprint density at radius 1 is 1.27 bits per heavy atom. The van der Waals surface area contributed by atoms with E-state index in [2.05, 4.69) is 0 Å². The van der Waals surface area contributed by atoms with Crippen LogP contribution >= 0.6 is 0 Å². The first-order valence-corrected chi connectivity index (χ1v) is 9.56. The Kier molecular flexibility index (Phi) is 6.19. The largest absolute Gasteiger partial charge is 0.501 e. The Morgan fingerprint density at radius 3 is 2.23 bits per heavy atom. The first-order chi connectivity index (χ1) is 11.6. The van der Waals surface area contributed by atoms with Crippen LogP contribution < -0.4 is 0 Å². The van der Waals surface area contributed by atoms with E-state index in [4.69, 9.17) is 4.74 Å². The molecule has 1 aromatic rings. The molecular weight excluding hydrogens is 403 g/mol. The minimum Gasteiger partial charge on any atom is -0.459 e. The lowest BCUT2D eigenvalue weighted by Gasteiger charge is -2.19. The molecule has 13 heteroatoms. The summed E-state index contributed by atoms with van der Waals surface area (Å²) in [6, 6.07) is 1.21. The maximum Gasteiger partial charge on any atom is 0.501 e. The summed E-state index contributed by atoms with van der Waals surface area (Å²) in [6.45, 7) is 4.60. The predicted molar refractivity (Wildman–Crippen MR) is 83.5 cm³/mol. The number of rotatable bonds is 5. The lowest BCUT2D eigenvalue weighted by Crippen LogP contribution is -2.27. The van der Waals surface area contributed by atoms with Gasteiger partial charge in [-0.15, -0.1) is 0 Å². The van der Waals surface area contributed by atoms with Crippen molar-refractivity contribution in [3.05, 3.63) is 28.3 Å². The highest BCUT2D eigenvalue weighted by Gasteiger charge is 2.47. The second kappa shape index (κ2) is 7.31. The second-order valence-corrected chi connectivity index (χ2v) is 9.27. The smallest absolute Gasteiger partial charge is 0.459 e. The molecule has 0 aliphatic heterocycles. The van der Waals surface area contributed by atoms with Gasteiger partial charge in [0.05, 0.1) is 20.6 Å². The Bertz CT molecular complexity index is 857. The highest BCUT2D eigenvalue weighted by atomic mass is 32.2. The van der Waals surface area contributed by atoms with Gasteiger partial charge in [0.1, 0.15) is 16.2 Å². The van der Waals surface area contributed by atoms with Crippen LogP contribution in [0.5, 0.6) is 0 Å². The molecule has 26 heavy (non-hydrogen) atoms. The fourth-order valence-corrected chi connectivity index (χ4v) is 3.49. The van der Waals surface area contributed by atoms with E-state index in [9.17, 15) is 40.7 Å². The molecule has 0 radical (unpaired) electrons. The van der Waals surface area contributed by atoms with Crippen LogP contribution in [0.1, 0.15) is 20.8 Å². The minimum absolute atomic E-state index is 0.158. The van der Waals surface area contributed by atoms with Crippen LogP contribution in [-0.4, -0.2) is 40.4 Å². The summed E-state index contributed by atoms with van der Waals surface area (Å²) in [6.07, 6.45) is 0. The summed E-state index contributed by atoms with van der Waals surface area (Å²) in [5.41, 5.74) is -7.67. The van der Waals surface area contributed by atoms with Gasteiger partial charge in [0.2, 0.25) is 0 Å². The lowest BCUT2D eigenvalue weighted by atomic mass is 10.2. The number of nitro groups is 1. The molecule has 146 valence electrons. The fourth-order valence-electron chi connectivity index (χ4n) is 1.69. The summed E-state index contributed by atoms with van der Waals surface area (Å²) >= 11 is 0. The summed E-state index contributed by atoms with van der Waals surface area (Å²) in [4.78, 5) is 19.6. The normalized spacial score (nSPS) is 13.9. The molecule has 1 atom stereocenters. The number of carbonyl (C=O) groups excluding carboxylic acids is 1. The van der Waals surface area contributed by atoms with E-state index in [1.54, 1.807) is 0 Å². The maximum absolute atomic E-state index is 12.6. The van der Waals surface area contributed by atoms with Crippen molar-refractivity contribution in [2.45, 2.75) is 41.7 Å². The summed E-state index contributed by atoms with van der Waals surface area (Å²) < 4.78 is 77.4. The second-order valence-electron chi connectivity index (χ2n) is 5.91. The third-order valence-electron chi connectivity index (χ3n) is 2.66. The third-order valence-corrected chi connectivity index (χ3v) is 5.47. The van der Waals surface area contributed by atoms with Crippen molar-refractivity contribution in [2.24, 2.45) is 0 Å². The maximum atomic E-state index is 12.6. The van der Waals surface area contributed by atoms with Gasteiger partial charge in [-0.3, -0.25) is 19.1 Å². The number of esters is 1. The Labute approximate surface area is 148 Å². The van der Waals surface area contributed by atoms with Crippen LogP contribution in [0.15, 0.2) is 28.0 Å². The van der Waals surface area contributed by atoms with Crippen LogP contribution in [0.4, 0.5) is 18.9 Å². The fraction of sp³-hybridized carbons (Fsp3) is 0.462. The summed E-state index contributed by atoms with van der Waals surface area (Å²) in [5.74, 6) is -1.74. The minimum atomic E-state index is -5.82. The predicted octanol–water partition coefficient (Wildman–Crippen LogP) is 2.34. The standard InChI is InChI=1S/C13H14F3NO7S2/c1-12(2,3)24-11(18)7-25(21)10-5-4-8(6-9(10)17(19)20)26(22,23)13(14,15)16/h4-6H,7H2,1-3H3/t25-/m0/s1. The number of sulfone groups is 1. The van der Waals surface area contributed by atoms with Gasteiger partial charge in [0, 0.05) is 6.07 Å². The molecule has 0 aliphatic rings. The zero-order valence-corrected chi connectivity index (χ0v) is 15.3. The topological polar surface area (TPSA) is 121 Å². The van der Waals surface area contributed by atoms with Gasteiger partial charge in [0.15, 0.2) is 0 Å². The van der Waals surface area contributed by atoms with Crippen LogP contribution in [0.3, 0.4) is 0 Å². The van der Waals surface area contributed by atoms with Crippen molar-refractivity contribution in [3.63, 3.8) is 0 Å². The van der Waals surface area contributed by atoms with Crippen molar-refractivity contribution in [3.8, 4) is 0 Å². The Hall–Kier alpha value is -2.02. The molecule has 0 bridgehead atoms. The van der Waals surface area contributed by atoms with Crippen LogP contribution in [0.25, 0.3) is 0 Å².